The van der Waals surface area contributed by atoms with Gasteiger partial charge >= 0.3 is 0 Å². The summed E-state index contributed by atoms with van der Waals surface area (Å²) in [4.78, 5) is 0. The Labute approximate surface area is 104 Å². The lowest BCUT2D eigenvalue weighted by Gasteiger charge is -2.01. The van der Waals surface area contributed by atoms with Gasteiger partial charge in [0.1, 0.15) is 0 Å². The van der Waals surface area contributed by atoms with E-state index in [-0.39, 0.29) is 7.43 Å². The topological polar surface area (TPSA) is 0 Å². The van der Waals surface area contributed by atoms with E-state index < -0.39 is 0 Å². The lowest BCUT2D eigenvalue weighted by atomic mass is 10.0. The van der Waals surface area contributed by atoms with E-state index in [1.165, 1.54) is 5.56 Å². The number of hydrogen-bond donors (Lipinski definition) is 0. The highest BCUT2D eigenvalue weighted by Crippen LogP contribution is 2.11. The summed E-state index contributed by atoms with van der Waals surface area (Å²) in [6, 6.07) is 10.5. The van der Waals surface area contributed by atoms with Crippen LogP contribution >= 0.6 is 0 Å². The maximum Gasteiger partial charge on any atom is -0.0219 e. The molecule has 0 unspecified atom stereocenters. The quantitative estimate of drug-likeness (QED) is 0.538. The lowest BCUT2D eigenvalue weighted by molar-refractivity contribution is 0.737. The van der Waals surface area contributed by atoms with Crippen LogP contribution in [0.25, 0.3) is 0 Å². The number of benzene rings is 1. The summed E-state index contributed by atoms with van der Waals surface area (Å²) in [5, 5.41) is 0. The fourth-order valence-corrected chi connectivity index (χ4v) is 0.838. The molecular weight excluding hydrogens is 192 g/mol. The van der Waals surface area contributed by atoms with Crippen LogP contribution in [0.1, 0.15) is 67.4 Å². The largest absolute Gasteiger partial charge is 0.0776 e. The zero-order valence-corrected chi connectivity index (χ0v) is 11.5. The molecule has 1 aromatic rings. The fourth-order valence-electron chi connectivity index (χ4n) is 0.838. The molecule has 0 spiro atoms. The van der Waals surface area contributed by atoms with E-state index in [9.17, 15) is 0 Å². The van der Waals surface area contributed by atoms with Crippen LogP contribution in [-0.4, -0.2) is 0 Å². The third kappa shape index (κ3) is 15.7. The Kier molecular flexibility index (Phi) is 18.3. The molecule has 0 atom stereocenters. The first kappa shape index (κ1) is 20.6. The minimum Gasteiger partial charge on any atom is -0.0776 e. The monoisotopic (exact) mass is 224 g/mol. The summed E-state index contributed by atoms with van der Waals surface area (Å²) >= 11 is 0. The summed E-state index contributed by atoms with van der Waals surface area (Å²) in [7, 11) is 0. The molecule has 0 nitrogen and oxygen atoms in total. The smallest absolute Gasteiger partial charge is 0.0219 e. The molecule has 1 aromatic carbocycles. The molecule has 1 rings (SSSR count). The van der Waals surface area contributed by atoms with Crippen molar-refractivity contribution < 1.29 is 0 Å². The van der Waals surface area contributed by atoms with E-state index in [0.29, 0.717) is 5.92 Å². The Balaban J connectivity index is -0.000000209. The zero-order valence-electron chi connectivity index (χ0n) is 11.5. The second-order valence-electron chi connectivity index (χ2n) is 4.30. The predicted molar refractivity (Wildman–Crippen MR) is 79.1 cm³/mol. The van der Waals surface area contributed by atoms with Crippen LogP contribution in [0.4, 0.5) is 0 Å². The molecule has 0 heterocycles. The SMILES string of the molecule is C.CC.CC(C)C.CC(C)c1ccccc1. The molecule has 0 fully saturated rings. The van der Waals surface area contributed by atoms with E-state index >= 15 is 0 Å². The molecule has 0 N–H and O–H groups in total. The van der Waals surface area contributed by atoms with Crippen LogP contribution in [0.5, 0.6) is 0 Å². The van der Waals surface area contributed by atoms with Gasteiger partial charge in [0.15, 0.2) is 0 Å². The van der Waals surface area contributed by atoms with Crippen LogP contribution < -0.4 is 0 Å². The molecule has 0 amide bonds. The van der Waals surface area contributed by atoms with Crippen LogP contribution in [0, 0.1) is 5.92 Å². The van der Waals surface area contributed by atoms with Crippen LogP contribution in [0.3, 0.4) is 0 Å². The van der Waals surface area contributed by atoms with Crippen molar-refractivity contribution in [3.8, 4) is 0 Å². The molecule has 0 saturated carbocycles. The molecule has 16 heavy (non-hydrogen) atoms. The van der Waals surface area contributed by atoms with E-state index in [1.807, 2.05) is 19.9 Å². The van der Waals surface area contributed by atoms with Gasteiger partial charge in [-0.2, -0.15) is 0 Å². The van der Waals surface area contributed by atoms with Crippen molar-refractivity contribution >= 4 is 0 Å². The molecule has 0 heteroatoms. The van der Waals surface area contributed by atoms with Crippen LogP contribution in [0.15, 0.2) is 30.3 Å². The first-order chi connectivity index (χ1) is 7.04. The van der Waals surface area contributed by atoms with E-state index in [2.05, 4.69) is 58.9 Å². The summed E-state index contributed by atoms with van der Waals surface area (Å²) in [6.07, 6.45) is 0. The lowest BCUT2D eigenvalue weighted by Crippen LogP contribution is -1.83. The van der Waals surface area contributed by atoms with Crippen molar-refractivity contribution in [3.05, 3.63) is 35.9 Å². The molecular formula is C16H32. The predicted octanol–water partition coefficient (Wildman–Crippen LogP) is 6.13. The van der Waals surface area contributed by atoms with Gasteiger partial charge < -0.3 is 0 Å². The average Bonchev–Trinajstić information content (AvgIpc) is 2.21. The Morgan fingerprint density at radius 2 is 1.06 bits per heavy atom. The van der Waals surface area contributed by atoms with E-state index in [4.69, 9.17) is 0 Å². The Morgan fingerprint density at radius 3 is 1.25 bits per heavy atom. The van der Waals surface area contributed by atoms with Crippen molar-refractivity contribution in [1.82, 2.24) is 0 Å². The summed E-state index contributed by atoms with van der Waals surface area (Å²) < 4.78 is 0. The molecule has 0 aliphatic rings. The van der Waals surface area contributed by atoms with Gasteiger partial charge in [-0.1, -0.05) is 86.2 Å². The standard InChI is InChI=1S/C9H12.C4H10.C2H6.CH4/c1-8(2)9-6-4-3-5-7-9;1-4(2)3;1-2;/h3-8H,1-2H3;4H,1-3H3;1-2H3;1H4. The molecule has 0 bridgehead atoms. The maximum atomic E-state index is 2.20. The third-order valence-electron chi connectivity index (χ3n) is 1.47. The normalized spacial score (nSPS) is 8.31. The van der Waals surface area contributed by atoms with Crippen molar-refractivity contribution in [2.45, 2.75) is 61.8 Å². The van der Waals surface area contributed by atoms with Crippen molar-refractivity contribution in [3.63, 3.8) is 0 Å². The van der Waals surface area contributed by atoms with Gasteiger partial charge in [0.25, 0.3) is 0 Å². The van der Waals surface area contributed by atoms with Gasteiger partial charge in [0.05, 0.1) is 0 Å². The molecule has 0 radical (unpaired) electrons. The summed E-state index contributed by atoms with van der Waals surface area (Å²) in [6.45, 7) is 14.9. The van der Waals surface area contributed by atoms with Gasteiger partial charge in [-0.3, -0.25) is 0 Å². The highest BCUT2D eigenvalue weighted by Gasteiger charge is 1.93. The van der Waals surface area contributed by atoms with E-state index in [1.54, 1.807) is 0 Å². The van der Waals surface area contributed by atoms with Gasteiger partial charge in [-0.15, -0.1) is 0 Å². The summed E-state index contributed by atoms with van der Waals surface area (Å²) in [5.74, 6) is 1.49. The van der Waals surface area contributed by atoms with Crippen molar-refractivity contribution in [1.29, 1.82) is 0 Å². The molecule has 0 saturated heterocycles. The van der Waals surface area contributed by atoms with Gasteiger partial charge in [0, 0.05) is 0 Å². The zero-order chi connectivity index (χ0) is 12.3. The Morgan fingerprint density at radius 1 is 0.750 bits per heavy atom. The molecule has 96 valence electrons. The molecule has 0 aromatic heterocycles. The second-order valence-corrected chi connectivity index (χ2v) is 4.30. The maximum absolute atomic E-state index is 2.20. The first-order valence-corrected chi connectivity index (χ1v) is 6.09. The fraction of sp³-hybridized carbons (Fsp3) is 0.625. The number of rotatable bonds is 1. The van der Waals surface area contributed by atoms with Crippen molar-refractivity contribution in [2.24, 2.45) is 5.92 Å². The van der Waals surface area contributed by atoms with Crippen LogP contribution in [-0.2, 0) is 0 Å². The summed E-state index contributed by atoms with van der Waals surface area (Å²) in [5.41, 5.74) is 1.41. The molecule has 0 aliphatic carbocycles. The highest BCUT2D eigenvalue weighted by atomic mass is 14.0. The Hall–Kier alpha value is -0.780. The number of hydrogen-bond acceptors (Lipinski definition) is 0. The highest BCUT2D eigenvalue weighted by molar-refractivity contribution is 5.17. The van der Waals surface area contributed by atoms with Gasteiger partial charge in [0.2, 0.25) is 0 Å². The van der Waals surface area contributed by atoms with Crippen molar-refractivity contribution in [2.75, 3.05) is 0 Å². The molecule has 0 aliphatic heterocycles. The minimum absolute atomic E-state index is 0. The Bertz CT molecular complexity index is 194. The van der Waals surface area contributed by atoms with Gasteiger partial charge in [-0.05, 0) is 17.4 Å². The average molecular weight is 224 g/mol. The first-order valence-electron chi connectivity index (χ1n) is 6.09. The third-order valence-corrected chi connectivity index (χ3v) is 1.47. The minimum atomic E-state index is 0. The van der Waals surface area contributed by atoms with Crippen LogP contribution in [0.2, 0.25) is 0 Å². The van der Waals surface area contributed by atoms with Gasteiger partial charge in [-0.25, -0.2) is 0 Å². The second kappa shape index (κ2) is 14.2. The van der Waals surface area contributed by atoms with E-state index in [0.717, 1.165) is 5.92 Å².